The van der Waals surface area contributed by atoms with Gasteiger partial charge in [-0.1, -0.05) is 201 Å². The van der Waals surface area contributed by atoms with E-state index >= 15 is 0 Å². The van der Waals surface area contributed by atoms with Crippen LogP contribution in [0.1, 0.15) is 88.6 Å². The molecule has 0 unspecified atom stereocenters. The molecule has 0 amide bonds. The maximum absolute atomic E-state index is 3.83. The predicted molar refractivity (Wildman–Crippen MR) is 290 cm³/mol. The molecule has 1 heteroatoms. The van der Waals surface area contributed by atoms with Crippen molar-refractivity contribution in [3.63, 3.8) is 0 Å². The van der Waals surface area contributed by atoms with Crippen LogP contribution in [0.5, 0.6) is 0 Å². The van der Waals surface area contributed by atoms with E-state index in [4.69, 9.17) is 0 Å². The number of aryl methyl sites for hydroxylation is 5. The van der Waals surface area contributed by atoms with Crippen molar-refractivity contribution in [2.45, 2.75) is 77.0 Å². The molecule has 0 radical (unpaired) electrons. The van der Waals surface area contributed by atoms with Gasteiger partial charge in [-0.2, -0.15) is 0 Å². The Labute approximate surface area is 401 Å². The Morgan fingerprint density at radius 3 is 1.24 bits per heavy atom. The van der Waals surface area contributed by atoms with Gasteiger partial charge in [-0.05, 0) is 175 Å². The van der Waals surface area contributed by atoms with Gasteiger partial charge in [0.2, 0.25) is 0 Å². The summed E-state index contributed by atoms with van der Waals surface area (Å²) in [6, 6.07) is 60.5. The van der Waals surface area contributed by atoms with Gasteiger partial charge in [-0.3, -0.25) is 0 Å². The fourth-order valence-corrected chi connectivity index (χ4v) is 9.85. The van der Waals surface area contributed by atoms with E-state index in [9.17, 15) is 0 Å². The molecular formula is C66H65N. The highest BCUT2D eigenvalue weighted by atomic mass is 15.1. The number of unbranched alkanes of at least 4 members (excludes halogenated alkanes) is 3. The SMILES string of the molecule is C=C/C=C/CCCc1ccc(N(c2ccc(C)cc2)c2ccc(-c3ccc4c(c3)C(c3ccc(CCC/C=C/C=C)cc3)(c3ccc(CCC/C=C/C=C)cc3)c3cc(C)ccc3-4)cc2)cc1. The molecule has 0 aromatic heterocycles. The van der Waals surface area contributed by atoms with Gasteiger partial charge in [-0.15, -0.1) is 0 Å². The Morgan fingerprint density at radius 1 is 0.403 bits per heavy atom. The van der Waals surface area contributed by atoms with Gasteiger partial charge in [0.1, 0.15) is 0 Å². The second-order valence-corrected chi connectivity index (χ2v) is 18.0. The first-order valence-electron chi connectivity index (χ1n) is 24.3. The molecule has 0 aliphatic heterocycles. The first-order chi connectivity index (χ1) is 32.9. The van der Waals surface area contributed by atoms with Gasteiger partial charge in [0.15, 0.2) is 0 Å². The highest BCUT2D eigenvalue weighted by Crippen LogP contribution is 2.57. The summed E-state index contributed by atoms with van der Waals surface area (Å²) in [6.07, 6.45) is 27.9. The maximum atomic E-state index is 3.83. The zero-order valence-corrected chi connectivity index (χ0v) is 39.6. The minimum atomic E-state index is -0.500. The van der Waals surface area contributed by atoms with Crippen molar-refractivity contribution >= 4 is 17.1 Å². The summed E-state index contributed by atoms with van der Waals surface area (Å²) >= 11 is 0. The molecule has 8 rings (SSSR count). The first-order valence-corrected chi connectivity index (χ1v) is 24.3. The van der Waals surface area contributed by atoms with Crippen molar-refractivity contribution in [1.82, 2.24) is 0 Å². The number of fused-ring (bicyclic) bond motifs is 3. The monoisotopic (exact) mass is 872 g/mol. The van der Waals surface area contributed by atoms with Crippen LogP contribution in [-0.2, 0) is 24.7 Å². The van der Waals surface area contributed by atoms with Crippen molar-refractivity contribution in [3.8, 4) is 22.3 Å². The van der Waals surface area contributed by atoms with Crippen LogP contribution in [-0.4, -0.2) is 0 Å². The van der Waals surface area contributed by atoms with Crippen LogP contribution in [0.4, 0.5) is 17.1 Å². The first kappa shape index (κ1) is 46.3. The van der Waals surface area contributed by atoms with Crippen molar-refractivity contribution in [1.29, 1.82) is 0 Å². The maximum Gasteiger partial charge on any atom is 0.0713 e. The minimum Gasteiger partial charge on any atom is -0.311 e. The third-order valence-electron chi connectivity index (χ3n) is 13.3. The number of rotatable bonds is 21. The van der Waals surface area contributed by atoms with Gasteiger partial charge in [-0.25, -0.2) is 0 Å². The third kappa shape index (κ3) is 10.6. The Morgan fingerprint density at radius 2 is 0.776 bits per heavy atom. The van der Waals surface area contributed by atoms with E-state index in [1.54, 1.807) is 0 Å². The molecule has 7 aromatic rings. The molecule has 1 aliphatic rings. The molecule has 0 spiro atoms. The zero-order valence-electron chi connectivity index (χ0n) is 39.6. The van der Waals surface area contributed by atoms with Crippen LogP contribution in [0.25, 0.3) is 22.3 Å². The van der Waals surface area contributed by atoms with E-state index < -0.39 is 5.41 Å². The Kier molecular flexibility index (Phi) is 15.4. The van der Waals surface area contributed by atoms with E-state index in [2.05, 4.69) is 214 Å². The van der Waals surface area contributed by atoms with Gasteiger partial charge in [0.05, 0.1) is 5.41 Å². The molecule has 7 aromatic carbocycles. The van der Waals surface area contributed by atoms with Crippen LogP contribution in [0.3, 0.4) is 0 Å². The Balaban J connectivity index is 1.18. The van der Waals surface area contributed by atoms with E-state index in [1.807, 2.05) is 36.5 Å². The van der Waals surface area contributed by atoms with E-state index in [0.29, 0.717) is 0 Å². The molecule has 0 bridgehead atoms. The predicted octanol–water partition coefficient (Wildman–Crippen LogP) is 18.0. The van der Waals surface area contributed by atoms with Crippen molar-refractivity contribution in [2.24, 2.45) is 0 Å². The fourth-order valence-electron chi connectivity index (χ4n) is 9.85. The molecule has 0 saturated carbocycles. The molecule has 0 atom stereocenters. The van der Waals surface area contributed by atoms with E-state index in [0.717, 1.165) is 74.8 Å². The quantitative estimate of drug-likeness (QED) is 0.0514. The third-order valence-corrected chi connectivity index (χ3v) is 13.3. The summed E-state index contributed by atoms with van der Waals surface area (Å²) in [6.45, 7) is 15.8. The van der Waals surface area contributed by atoms with Crippen molar-refractivity contribution in [2.75, 3.05) is 4.90 Å². The lowest BCUT2D eigenvalue weighted by molar-refractivity contribution is 0.762. The van der Waals surface area contributed by atoms with Gasteiger partial charge >= 0.3 is 0 Å². The summed E-state index contributed by atoms with van der Waals surface area (Å²) in [4.78, 5) is 2.37. The van der Waals surface area contributed by atoms with Crippen LogP contribution < -0.4 is 4.90 Å². The fraction of sp³-hybridized carbons (Fsp3) is 0.182. The number of nitrogens with zero attached hydrogens (tertiary/aromatic N) is 1. The molecular weight excluding hydrogens is 807 g/mol. The van der Waals surface area contributed by atoms with Crippen molar-refractivity contribution < 1.29 is 0 Å². The molecule has 0 heterocycles. The highest BCUT2D eigenvalue weighted by molar-refractivity contribution is 5.89. The number of anilines is 3. The van der Waals surface area contributed by atoms with Crippen LogP contribution >= 0.6 is 0 Å². The summed E-state index contributed by atoms with van der Waals surface area (Å²) in [5.74, 6) is 0. The molecule has 1 aliphatic carbocycles. The summed E-state index contributed by atoms with van der Waals surface area (Å²) in [5, 5.41) is 0. The topological polar surface area (TPSA) is 3.24 Å². The largest absolute Gasteiger partial charge is 0.311 e. The molecule has 0 fully saturated rings. The van der Waals surface area contributed by atoms with Crippen LogP contribution in [0, 0.1) is 13.8 Å². The Hall–Kier alpha value is -7.22. The number of hydrogen-bond donors (Lipinski definition) is 0. The number of allylic oxidation sites excluding steroid dienone is 9. The Bertz CT molecular complexity index is 2780. The molecule has 334 valence electrons. The van der Waals surface area contributed by atoms with Crippen molar-refractivity contribution in [3.05, 3.63) is 282 Å². The zero-order chi connectivity index (χ0) is 46.4. The number of benzene rings is 7. The standard InChI is InChI=1S/C66H65N/c1-6-9-12-15-18-21-52-27-36-57(37-28-52)66(58-38-29-53(30-39-58)22-19-16-13-10-7-2)64-48-51(5)26-46-62(64)63-47-35-56(49-65(63)66)55-33-44-61(45-34-55)67(59-40-24-50(4)25-41-59)60-42-31-54(32-43-60)23-20-17-14-11-8-3/h6-14,24-49H,1-3,15-23H2,4-5H3/b12-9+,13-10+,14-11+. The highest BCUT2D eigenvalue weighted by Gasteiger charge is 2.46. The van der Waals surface area contributed by atoms with E-state index in [-0.39, 0.29) is 0 Å². The summed E-state index contributed by atoms with van der Waals surface area (Å²) in [5.41, 5.74) is 19.8. The average molecular weight is 872 g/mol. The summed E-state index contributed by atoms with van der Waals surface area (Å²) in [7, 11) is 0. The van der Waals surface area contributed by atoms with Gasteiger partial charge in [0.25, 0.3) is 0 Å². The molecule has 67 heavy (non-hydrogen) atoms. The smallest absolute Gasteiger partial charge is 0.0713 e. The minimum absolute atomic E-state index is 0.500. The molecule has 1 nitrogen and oxygen atoms in total. The second kappa shape index (κ2) is 22.3. The summed E-state index contributed by atoms with van der Waals surface area (Å²) < 4.78 is 0. The molecule has 0 N–H and O–H groups in total. The van der Waals surface area contributed by atoms with E-state index in [1.165, 1.54) is 72.3 Å². The lowest BCUT2D eigenvalue weighted by Crippen LogP contribution is -2.28. The lowest BCUT2D eigenvalue weighted by Gasteiger charge is -2.34. The molecule has 0 saturated heterocycles. The lowest BCUT2D eigenvalue weighted by atomic mass is 9.67. The normalized spacial score (nSPS) is 12.7. The van der Waals surface area contributed by atoms with Crippen LogP contribution in [0.15, 0.2) is 232 Å². The average Bonchev–Trinajstić information content (AvgIpc) is 3.64. The van der Waals surface area contributed by atoms with Gasteiger partial charge < -0.3 is 4.90 Å². The van der Waals surface area contributed by atoms with Crippen LogP contribution in [0.2, 0.25) is 0 Å². The second-order valence-electron chi connectivity index (χ2n) is 18.0. The number of hydrogen-bond acceptors (Lipinski definition) is 1. The van der Waals surface area contributed by atoms with Gasteiger partial charge in [0, 0.05) is 17.1 Å².